The van der Waals surface area contributed by atoms with Crippen LogP contribution in [0.15, 0.2) is 41.6 Å². The van der Waals surface area contributed by atoms with Crippen molar-refractivity contribution in [3.05, 3.63) is 47.7 Å². The molecule has 0 spiro atoms. The monoisotopic (exact) mass is 344 g/mol. The topological polar surface area (TPSA) is 125 Å². The number of rotatable bonds is 6. The van der Waals surface area contributed by atoms with E-state index >= 15 is 0 Å². The Morgan fingerprint density at radius 3 is 2.68 bits per heavy atom. The first-order chi connectivity index (χ1) is 12.0. The molecule has 0 saturated carbocycles. The Kier molecular flexibility index (Phi) is 5.88. The molecule has 0 radical (unpaired) electrons. The predicted molar refractivity (Wildman–Crippen MR) is 89.0 cm³/mol. The molecule has 2 aromatic rings. The van der Waals surface area contributed by atoms with Gasteiger partial charge < -0.3 is 19.9 Å². The predicted octanol–water partition coefficient (Wildman–Crippen LogP) is 1.67. The zero-order valence-electron chi connectivity index (χ0n) is 13.6. The Labute approximate surface area is 143 Å². The molecule has 1 heterocycles. The molecule has 9 heteroatoms. The number of methoxy groups -OCH3 is 2. The number of urea groups is 1. The summed E-state index contributed by atoms with van der Waals surface area (Å²) in [6, 6.07) is 7.18. The van der Waals surface area contributed by atoms with Gasteiger partial charge in [0.2, 0.25) is 5.88 Å². The van der Waals surface area contributed by atoms with E-state index in [1.165, 1.54) is 38.8 Å². The summed E-state index contributed by atoms with van der Waals surface area (Å²) >= 11 is 0. The van der Waals surface area contributed by atoms with E-state index < -0.39 is 12.0 Å². The van der Waals surface area contributed by atoms with Crippen molar-refractivity contribution in [2.24, 2.45) is 10.8 Å². The number of hydrogen-bond acceptors (Lipinski definition) is 7. The van der Waals surface area contributed by atoms with Crippen LogP contribution in [0.25, 0.3) is 0 Å². The van der Waals surface area contributed by atoms with Crippen molar-refractivity contribution in [3.8, 4) is 17.4 Å². The van der Waals surface area contributed by atoms with E-state index in [0.717, 1.165) is 0 Å². The molecule has 130 valence electrons. The van der Waals surface area contributed by atoms with Crippen molar-refractivity contribution in [2.45, 2.75) is 0 Å². The molecule has 25 heavy (non-hydrogen) atoms. The maximum atomic E-state index is 11.6. The van der Waals surface area contributed by atoms with E-state index in [1.807, 2.05) is 0 Å². The molecule has 0 unspecified atom stereocenters. The van der Waals surface area contributed by atoms with Gasteiger partial charge in [-0.05, 0) is 29.8 Å². The second kappa shape index (κ2) is 8.29. The number of nitrogens with two attached hydrogens (primary N) is 1. The van der Waals surface area contributed by atoms with Crippen LogP contribution in [0, 0.1) is 0 Å². The highest BCUT2D eigenvalue weighted by atomic mass is 16.5. The number of hydrogen-bond donors (Lipinski definition) is 2. The van der Waals surface area contributed by atoms with E-state index in [0.29, 0.717) is 22.6 Å². The molecule has 0 aliphatic carbocycles. The normalized spacial score (nSPS) is 10.3. The lowest BCUT2D eigenvalue weighted by atomic mass is 10.2. The Morgan fingerprint density at radius 2 is 2.00 bits per heavy atom. The summed E-state index contributed by atoms with van der Waals surface area (Å²) in [4.78, 5) is 26.2. The summed E-state index contributed by atoms with van der Waals surface area (Å²) < 4.78 is 15.6. The second-order valence-electron chi connectivity index (χ2n) is 4.62. The molecular weight excluding hydrogens is 328 g/mol. The highest BCUT2D eigenvalue weighted by Gasteiger charge is 2.11. The van der Waals surface area contributed by atoms with Crippen LogP contribution in [-0.2, 0) is 4.74 Å². The van der Waals surface area contributed by atoms with Gasteiger partial charge in [0.15, 0.2) is 11.5 Å². The van der Waals surface area contributed by atoms with Crippen LogP contribution in [0.2, 0.25) is 0 Å². The van der Waals surface area contributed by atoms with Crippen molar-refractivity contribution < 1.29 is 23.8 Å². The van der Waals surface area contributed by atoms with E-state index in [-0.39, 0.29) is 5.88 Å². The van der Waals surface area contributed by atoms with Crippen LogP contribution in [0.5, 0.6) is 17.4 Å². The fourth-order valence-electron chi connectivity index (χ4n) is 1.84. The number of aromatic nitrogens is 1. The van der Waals surface area contributed by atoms with Crippen molar-refractivity contribution in [1.29, 1.82) is 0 Å². The van der Waals surface area contributed by atoms with Gasteiger partial charge >= 0.3 is 12.0 Å². The van der Waals surface area contributed by atoms with Gasteiger partial charge in [-0.2, -0.15) is 5.10 Å². The number of nitrogens with one attached hydrogen (secondary N) is 1. The van der Waals surface area contributed by atoms with Gasteiger partial charge in [0, 0.05) is 12.3 Å². The number of amides is 2. The SMILES string of the molecule is COC(=O)c1ccnc(Oc2ccc(C=NNC(N)=O)cc2OC)c1. The summed E-state index contributed by atoms with van der Waals surface area (Å²) in [6.45, 7) is 0. The molecule has 0 bridgehead atoms. The van der Waals surface area contributed by atoms with Crippen LogP contribution in [-0.4, -0.2) is 37.4 Å². The Balaban J connectivity index is 2.21. The van der Waals surface area contributed by atoms with Gasteiger partial charge in [-0.15, -0.1) is 0 Å². The summed E-state index contributed by atoms with van der Waals surface area (Å²) in [5.74, 6) is 0.510. The van der Waals surface area contributed by atoms with Gasteiger partial charge in [0.1, 0.15) is 0 Å². The van der Waals surface area contributed by atoms with E-state index in [2.05, 4.69) is 20.2 Å². The van der Waals surface area contributed by atoms with Crippen molar-refractivity contribution in [1.82, 2.24) is 10.4 Å². The first-order valence-corrected chi connectivity index (χ1v) is 7.02. The maximum Gasteiger partial charge on any atom is 0.338 e. The molecule has 0 aliphatic rings. The quantitative estimate of drug-likeness (QED) is 0.466. The maximum absolute atomic E-state index is 11.6. The molecule has 0 fully saturated rings. The smallest absolute Gasteiger partial charge is 0.338 e. The fourth-order valence-corrected chi connectivity index (χ4v) is 1.84. The lowest BCUT2D eigenvalue weighted by Crippen LogP contribution is -2.24. The zero-order valence-corrected chi connectivity index (χ0v) is 13.6. The number of esters is 1. The van der Waals surface area contributed by atoms with E-state index in [9.17, 15) is 9.59 Å². The largest absolute Gasteiger partial charge is 0.493 e. The first kappa shape index (κ1) is 17.7. The van der Waals surface area contributed by atoms with Gasteiger partial charge in [-0.1, -0.05) is 0 Å². The van der Waals surface area contributed by atoms with Crippen molar-refractivity contribution >= 4 is 18.2 Å². The van der Waals surface area contributed by atoms with Crippen molar-refractivity contribution in [3.63, 3.8) is 0 Å². The third-order valence-electron chi connectivity index (χ3n) is 2.95. The summed E-state index contributed by atoms with van der Waals surface area (Å²) in [6.07, 6.45) is 2.83. The number of pyridine rings is 1. The van der Waals surface area contributed by atoms with Crippen LogP contribution >= 0.6 is 0 Å². The molecule has 0 aliphatic heterocycles. The number of ether oxygens (including phenoxy) is 3. The highest BCUT2D eigenvalue weighted by molar-refractivity contribution is 5.89. The lowest BCUT2D eigenvalue weighted by Gasteiger charge is -2.10. The minimum atomic E-state index is -0.764. The molecule has 1 aromatic heterocycles. The lowest BCUT2D eigenvalue weighted by molar-refractivity contribution is 0.0600. The Bertz CT molecular complexity index is 807. The van der Waals surface area contributed by atoms with E-state index in [4.69, 9.17) is 15.2 Å². The van der Waals surface area contributed by atoms with Gasteiger partial charge in [0.05, 0.1) is 26.0 Å². The number of nitrogens with zero attached hydrogens (tertiary/aromatic N) is 2. The summed E-state index contributed by atoms with van der Waals surface area (Å²) in [5.41, 5.74) is 7.97. The van der Waals surface area contributed by atoms with Crippen LogP contribution in [0.1, 0.15) is 15.9 Å². The van der Waals surface area contributed by atoms with Gasteiger partial charge in [-0.25, -0.2) is 20.0 Å². The van der Waals surface area contributed by atoms with E-state index in [1.54, 1.807) is 18.2 Å². The van der Waals surface area contributed by atoms with Crippen LogP contribution < -0.4 is 20.6 Å². The number of hydrazone groups is 1. The fraction of sp³-hybridized carbons (Fsp3) is 0.125. The number of carbonyl (C=O) groups excluding carboxylic acids is 2. The highest BCUT2D eigenvalue weighted by Crippen LogP contribution is 2.31. The van der Waals surface area contributed by atoms with Gasteiger partial charge in [0.25, 0.3) is 0 Å². The molecule has 3 N–H and O–H groups in total. The number of primary amides is 1. The summed E-state index contributed by atoms with van der Waals surface area (Å²) in [5, 5.41) is 3.66. The standard InChI is InChI=1S/C16H16N4O5/c1-23-13-7-10(9-19-20-16(17)22)3-4-12(13)25-14-8-11(5-6-18-14)15(21)24-2/h3-9H,1-2H3,(H3,17,20,22). The first-order valence-electron chi connectivity index (χ1n) is 7.02. The molecule has 1 aromatic carbocycles. The Hall–Kier alpha value is -3.62. The molecule has 2 rings (SSSR count). The number of benzene rings is 1. The minimum absolute atomic E-state index is 0.206. The minimum Gasteiger partial charge on any atom is -0.493 e. The third kappa shape index (κ3) is 4.93. The van der Waals surface area contributed by atoms with Crippen molar-refractivity contribution in [2.75, 3.05) is 14.2 Å². The Morgan fingerprint density at radius 1 is 1.20 bits per heavy atom. The molecular formula is C16H16N4O5. The van der Waals surface area contributed by atoms with Crippen LogP contribution in [0.4, 0.5) is 4.79 Å². The molecule has 0 saturated heterocycles. The average molecular weight is 344 g/mol. The number of carbonyl (C=O) groups is 2. The summed E-state index contributed by atoms with van der Waals surface area (Å²) in [7, 11) is 2.77. The molecule has 2 amide bonds. The second-order valence-corrected chi connectivity index (χ2v) is 4.62. The zero-order chi connectivity index (χ0) is 18.2. The van der Waals surface area contributed by atoms with Crippen LogP contribution in [0.3, 0.4) is 0 Å². The average Bonchev–Trinajstić information content (AvgIpc) is 2.62. The third-order valence-corrected chi connectivity index (χ3v) is 2.95. The molecule has 9 nitrogen and oxygen atoms in total. The molecule has 0 atom stereocenters. The van der Waals surface area contributed by atoms with Gasteiger partial charge in [-0.3, -0.25) is 0 Å².